The Morgan fingerprint density at radius 2 is 2.40 bits per heavy atom. The molecule has 0 saturated heterocycles. The number of methoxy groups -OCH3 is 1. The van der Waals surface area contributed by atoms with Gasteiger partial charge in [0, 0.05) is 26.7 Å². The van der Waals surface area contributed by atoms with Gasteiger partial charge in [0.25, 0.3) is 0 Å². The van der Waals surface area contributed by atoms with Crippen molar-refractivity contribution in [3.05, 3.63) is 0 Å². The molecule has 1 atom stereocenters. The molecule has 10 heavy (non-hydrogen) atoms. The Bertz CT molecular complexity index is 70.8. The van der Waals surface area contributed by atoms with E-state index in [4.69, 9.17) is 15.6 Å². The Labute approximate surface area is 61.4 Å². The molecule has 0 aromatic heterocycles. The maximum atomic E-state index is 9.05. The van der Waals surface area contributed by atoms with E-state index in [-0.39, 0.29) is 0 Å². The fourth-order valence-corrected chi connectivity index (χ4v) is 0.622. The standard InChI is InChI=1S/C6H16N2O2/c1-10-5-6(9)4-8-3-2-7/h6,8-9H,2-5,7H2,1H3/t6-/m1/s1. The highest BCUT2D eigenvalue weighted by Gasteiger charge is 1.99. The largest absolute Gasteiger partial charge is 0.389 e. The predicted molar refractivity (Wildman–Crippen MR) is 39.8 cm³/mol. The Morgan fingerprint density at radius 3 is 2.90 bits per heavy atom. The Kier molecular flexibility index (Phi) is 6.84. The normalized spacial score (nSPS) is 13.5. The van der Waals surface area contributed by atoms with Crippen LogP contribution in [0.5, 0.6) is 0 Å². The number of ether oxygens (including phenoxy) is 1. The van der Waals surface area contributed by atoms with Gasteiger partial charge in [-0.2, -0.15) is 0 Å². The summed E-state index contributed by atoms with van der Waals surface area (Å²) in [6, 6.07) is 0. The van der Waals surface area contributed by atoms with Crippen molar-refractivity contribution in [3.63, 3.8) is 0 Å². The van der Waals surface area contributed by atoms with Crippen LogP contribution >= 0.6 is 0 Å². The summed E-state index contributed by atoms with van der Waals surface area (Å²) in [5, 5.41) is 12.0. The van der Waals surface area contributed by atoms with Crippen LogP contribution in [-0.2, 0) is 4.74 Å². The van der Waals surface area contributed by atoms with Crippen molar-refractivity contribution in [3.8, 4) is 0 Å². The molecule has 0 aliphatic rings. The molecule has 4 N–H and O–H groups in total. The van der Waals surface area contributed by atoms with Gasteiger partial charge >= 0.3 is 0 Å². The van der Waals surface area contributed by atoms with Crippen molar-refractivity contribution >= 4 is 0 Å². The van der Waals surface area contributed by atoms with Gasteiger partial charge in [-0.3, -0.25) is 0 Å². The van der Waals surface area contributed by atoms with Crippen LogP contribution in [0.15, 0.2) is 0 Å². The number of nitrogens with one attached hydrogen (secondary N) is 1. The van der Waals surface area contributed by atoms with Crippen molar-refractivity contribution < 1.29 is 9.84 Å². The van der Waals surface area contributed by atoms with E-state index in [2.05, 4.69) is 5.32 Å². The molecule has 0 aromatic rings. The van der Waals surface area contributed by atoms with Gasteiger partial charge < -0.3 is 20.9 Å². The first-order valence-electron chi connectivity index (χ1n) is 3.39. The number of nitrogens with two attached hydrogens (primary N) is 1. The van der Waals surface area contributed by atoms with Gasteiger partial charge in [-0.25, -0.2) is 0 Å². The van der Waals surface area contributed by atoms with Crippen molar-refractivity contribution in [1.82, 2.24) is 5.32 Å². The molecular weight excluding hydrogens is 132 g/mol. The number of rotatable bonds is 6. The number of hydrogen-bond donors (Lipinski definition) is 3. The van der Waals surface area contributed by atoms with E-state index in [0.29, 0.717) is 19.7 Å². The van der Waals surface area contributed by atoms with E-state index in [0.717, 1.165) is 6.54 Å². The van der Waals surface area contributed by atoms with Crippen LogP contribution in [0, 0.1) is 0 Å². The van der Waals surface area contributed by atoms with Crippen molar-refractivity contribution in [2.75, 3.05) is 33.4 Å². The first-order chi connectivity index (χ1) is 4.81. The first kappa shape index (κ1) is 9.84. The van der Waals surface area contributed by atoms with Crippen LogP contribution in [0.2, 0.25) is 0 Å². The van der Waals surface area contributed by atoms with E-state index in [1.54, 1.807) is 7.11 Å². The number of aliphatic hydroxyl groups excluding tert-OH is 1. The monoisotopic (exact) mass is 148 g/mol. The van der Waals surface area contributed by atoms with Gasteiger partial charge in [-0.05, 0) is 0 Å². The maximum Gasteiger partial charge on any atom is 0.0897 e. The number of aliphatic hydroxyl groups is 1. The fourth-order valence-electron chi connectivity index (χ4n) is 0.622. The summed E-state index contributed by atoms with van der Waals surface area (Å²) in [6.07, 6.45) is -0.420. The second-order valence-corrected chi connectivity index (χ2v) is 2.10. The molecule has 0 saturated carbocycles. The van der Waals surface area contributed by atoms with Crippen LogP contribution < -0.4 is 11.1 Å². The lowest BCUT2D eigenvalue weighted by atomic mass is 10.4. The highest BCUT2D eigenvalue weighted by Crippen LogP contribution is 1.79. The van der Waals surface area contributed by atoms with Gasteiger partial charge in [0.2, 0.25) is 0 Å². The smallest absolute Gasteiger partial charge is 0.0897 e. The van der Waals surface area contributed by atoms with Crippen molar-refractivity contribution in [2.45, 2.75) is 6.10 Å². The molecule has 0 spiro atoms. The van der Waals surface area contributed by atoms with Gasteiger partial charge in [0.1, 0.15) is 0 Å². The molecule has 0 unspecified atom stereocenters. The predicted octanol–water partition coefficient (Wildman–Crippen LogP) is -1.46. The minimum absolute atomic E-state index is 0.373. The highest BCUT2D eigenvalue weighted by atomic mass is 16.5. The zero-order valence-corrected chi connectivity index (χ0v) is 6.34. The fraction of sp³-hybridized carbons (Fsp3) is 1.00. The molecule has 0 radical (unpaired) electrons. The summed E-state index contributed by atoms with van der Waals surface area (Å²) in [4.78, 5) is 0. The summed E-state index contributed by atoms with van der Waals surface area (Å²) in [5.74, 6) is 0. The zero-order valence-electron chi connectivity index (χ0n) is 6.34. The van der Waals surface area contributed by atoms with Gasteiger partial charge in [-0.15, -0.1) is 0 Å². The van der Waals surface area contributed by atoms with E-state index in [1.807, 2.05) is 0 Å². The highest BCUT2D eigenvalue weighted by molar-refractivity contribution is 4.57. The molecule has 0 amide bonds. The summed E-state index contributed by atoms with van der Waals surface area (Å²) < 4.78 is 4.71. The first-order valence-corrected chi connectivity index (χ1v) is 3.39. The Hall–Kier alpha value is -0.160. The van der Waals surface area contributed by atoms with Gasteiger partial charge in [-0.1, -0.05) is 0 Å². The second kappa shape index (κ2) is 6.95. The molecule has 0 fully saturated rings. The molecular formula is C6H16N2O2. The molecule has 0 rings (SSSR count). The summed E-state index contributed by atoms with van der Waals surface area (Å²) in [6.45, 7) is 2.25. The van der Waals surface area contributed by atoms with Crippen molar-refractivity contribution in [1.29, 1.82) is 0 Å². The average Bonchev–Trinajstić information content (AvgIpc) is 1.89. The number of hydrogen-bond acceptors (Lipinski definition) is 4. The quantitative estimate of drug-likeness (QED) is 0.403. The maximum absolute atomic E-state index is 9.05. The molecule has 0 aromatic carbocycles. The zero-order chi connectivity index (χ0) is 7.82. The van der Waals surface area contributed by atoms with Crippen LogP contribution in [0.3, 0.4) is 0 Å². The van der Waals surface area contributed by atoms with E-state index in [1.165, 1.54) is 0 Å². The SMILES string of the molecule is COC[C@H](O)CNCCN. The van der Waals surface area contributed by atoms with Crippen LogP contribution in [-0.4, -0.2) is 44.6 Å². The van der Waals surface area contributed by atoms with E-state index >= 15 is 0 Å². The molecule has 4 nitrogen and oxygen atoms in total. The molecule has 4 heteroatoms. The Morgan fingerprint density at radius 1 is 1.70 bits per heavy atom. The third kappa shape index (κ3) is 5.97. The van der Waals surface area contributed by atoms with E-state index < -0.39 is 6.10 Å². The average molecular weight is 148 g/mol. The molecule has 0 bridgehead atoms. The molecule has 0 aliphatic carbocycles. The molecule has 0 aliphatic heterocycles. The third-order valence-electron chi connectivity index (χ3n) is 1.06. The topological polar surface area (TPSA) is 67.5 Å². The Balaban J connectivity index is 2.97. The van der Waals surface area contributed by atoms with Crippen LogP contribution in [0.1, 0.15) is 0 Å². The van der Waals surface area contributed by atoms with Crippen molar-refractivity contribution in [2.24, 2.45) is 5.73 Å². The third-order valence-corrected chi connectivity index (χ3v) is 1.06. The summed E-state index contributed by atoms with van der Waals surface area (Å²) in [5.41, 5.74) is 5.21. The molecule has 0 heterocycles. The minimum atomic E-state index is -0.420. The van der Waals surface area contributed by atoms with Gasteiger partial charge in [0.15, 0.2) is 0 Å². The van der Waals surface area contributed by atoms with Crippen LogP contribution in [0.4, 0.5) is 0 Å². The molecule has 62 valence electrons. The summed E-state index contributed by atoms with van der Waals surface area (Å²) >= 11 is 0. The second-order valence-electron chi connectivity index (χ2n) is 2.10. The van der Waals surface area contributed by atoms with E-state index in [9.17, 15) is 0 Å². The lowest BCUT2D eigenvalue weighted by molar-refractivity contribution is 0.0649. The summed E-state index contributed by atoms with van der Waals surface area (Å²) in [7, 11) is 1.56. The minimum Gasteiger partial charge on any atom is -0.389 e. The van der Waals surface area contributed by atoms with Crippen LogP contribution in [0.25, 0.3) is 0 Å². The lowest BCUT2D eigenvalue weighted by Gasteiger charge is -2.09. The lowest BCUT2D eigenvalue weighted by Crippen LogP contribution is -2.33. The van der Waals surface area contributed by atoms with Gasteiger partial charge in [0.05, 0.1) is 12.7 Å².